The van der Waals surface area contributed by atoms with Crippen LogP contribution in [0.4, 0.5) is 0 Å². The van der Waals surface area contributed by atoms with Gasteiger partial charge in [-0.1, -0.05) is 0 Å². The van der Waals surface area contributed by atoms with E-state index in [1.54, 1.807) is 36.7 Å². The highest BCUT2D eigenvalue weighted by atomic mass is 32.2. The zero-order valence-electron chi connectivity index (χ0n) is 11.0. The standard InChI is InChI=1S/C11H20N4O2S/c1-15-10(17-2)6-8(14-15)7-13-11(16)9(12)4-5-18-3/h6,9H,4-5,7,12H2,1-3H3,(H,13,16)/t9-/m0/s1. The molecule has 0 spiro atoms. The zero-order chi connectivity index (χ0) is 13.5. The molecule has 0 unspecified atom stereocenters. The van der Waals surface area contributed by atoms with Crippen LogP contribution in [0.15, 0.2) is 6.07 Å². The second-order valence-corrected chi connectivity index (χ2v) is 4.89. The molecule has 1 amide bonds. The van der Waals surface area contributed by atoms with Crippen LogP contribution in [0, 0.1) is 0 Å². The number of nitrogens with one attached hydrogen (secondary N) is 1. The van der Waals surface area contributed by atoms with E-state index in [0.717, 1.165) is 11.4 Å². The number of aromatic nitrogens is 2. The van der Waals surface area contributed by atoms with Crippen molar-refractivity contribution >= 4 is 17.7 Å². The number of thioether (sulfide) groups is 1. The van der Waals surface area contributed by atoms with Gasteiger partial charge in [-0.15, -0.1) is 0 Å². The third-order valence-corrected chi connectivity index (χ3v) is 3.15. The molecular formula is C11H20N4O2S. The van der Waals surface area contributed by atoms with E-state index in [0.29, 0.717) is 18.8 Å². The predicted octanol–water partition coefficient (Wildman–Crippen LogP) is 0.125. The summed E-state index contributed by atoms with van der Waals surface area (Å²) in [6.07, 6.45) is 2.67. The van der Waals surface area contributed by atoms with E-state index in [2.05, 4.69) is 10.4 Å². The number of hydrogen-bond donors (Lipinski definition) is 2. The van der Waals surface area contributed by atoms with Crippen LogP contribution < -0.4 is 15.8 Å². The zero-order valence-corrected chi connectivity index (χ0v) is 11.8. The smallest absolute Gasteiger partial charge is 0.237 e. The molecule has 0 aliphatic heterocycles. The van der Waals surface area contributed by atoms with Crippen molar-refractivity contribution in [2.45, 2.75) is 19.0 Å². The summed E-state index contributed by atoms with van der Waals surface area (Å²) >= 11 is 1.68. The topological polar surface area (TPSA) is 82.2 Å². The van der Waals surface area contributed by atoms with Crippen molar-refractivity contribution in [2.75, 3.05) is 19.1 Å². The van der Waals surface area contributed by atoms with Gasteiger partial charge in [-0.25, -0.2) is 4.68 Å². The van der Waals surface area contributed by atoms with Crippen LogP contribution >= 0.6 is 11.8 Å². The minimum Gasteiger partial charge on any atom is -0.481 e. The van der Waals surface area contributed by atoms with Crippen LogP contribution in [0.3, 0.4) is 0 Å². The van der Waals surface area contributed by atoms with Crippen LogP contribution in [0.5, 0.6) is 5.88 Å². The molecule has 1 atom stereocenters. The average Bonchev–Trinajstić information content (AvgIpc) is 2.73. The first kappa shape index (κ1) is 14.8. The third kappa shape index (κ3) is 4.23. The van der Waals surface area contributed by atoms with Gasteiger partial charge in [-0.3, -0.25) is 4.79 Å². The Kier molecular flexibility index (Phi) is 6.00. The van der Waals surface area contributed by atoms with Crippen molar-refractivity contribution in [3.05, 3.63) is 11.8 Å². The Morgan fingerprint density at radius 2 is 2.44 bits per heavy atom. The molecule has 0 saturated heterocycles. The number of aryl methyl sites for hydroxylation is 1. The molecule has 1 heterocycles. The number of nitrogens with two attached hydrogens (primary N) is 1. The molecule has 3 N–H and O–H groups in total. The normalized spacial score (nSPS) is 12.2. The number of carbonyl (C=O) groups excluding carboxylic acids is 1. The molecule has 6 nitrogen and oxygen atoms in total. The number of methoxy groups -OCH3 is 1. The van der Waals surface area contributed by atoms with Gasteiger partial charge in [0.05, 0.1) is 25.4 Å². The highest BCUT2D eigenvalue weighted by Gasteiger charge is 2.13. The predicted molar refractivity (Wildman–Crippen MR) is 72.6 cm³/mol. The van der Waals surface area contributed by atoms with Gasteiger partial charge >= 0.3 is 0 Å². The molecule has 0 bridgehead atoms. The monoisotopic (exact) mass is 272 g/mol. The summed E-state index contributed by atoms with van der Waals surface area (Å²) in [6, 6.07) is 1.33. The van der Waals surface area contributed by atoms with Gasteiger partial charge in [0.1, 0.15) is 0 Å². The fourth-order valence-corrected chi connectivity index (χ4v) is 1.96. The molecule has 0 saturated carbocycles. The van der Waals surface area contributed by atoms with Crippen molar-refractivity contribution < 1.29 is 9.53 Å². The van der Waals surface area contributed by atoms with Crippen LogP contribution in [-0.2, 0) is 18.4 Å². The third-order valence-electron chi connectivity index (χ3n) is 2.51. The van der Waals surface area contributed by atoms with Gasteiger partial charge < -0.3 is 15.8 Å². The molecule has 0 aliphatic rings. The quantitative estimate of drug-likeness (QED) is 0.737. The molecule has 0 radical (unpaired) electrons. The molecular weight excluding hydrogens is 252 g/mol. The summed E-state index contributed by atoms with van der Waals surface area (Å²) in [4.78, 5) is 11.7. The van der Waals surface area contributed by atoms with E-state index in [-0.39, 0.29) is 5.91 Å². The number of hydrogen-bond acceptors (Lipinski definition) is 5. The summed E-state index contributed by atoms with van der Waals surface area (Å²) in [5, 5.41) is 6.97. The summed E-state index contributed by atoms with van der Waals surface area (Å²) in [5.74, 6) is 1.39. The van der Waals surface area contributed by atoms with Gasteiger partial charge in [0.2, 0.25) is 11.8 Å². The minimum atomic E-state index is -0.456. The first-order valence-corrected chi connectivity index (χ1v) is 7.07. The second-order valence-electron chi connectivity index (χ2n) is 3.91. The average molecular weight is 272 g/mol. The Morgan fingerprint density at radius 1 is 1.72 bits per heavy atom. The van der Waals surface area contributed by atoms with Crippen molar-refractivity contribution in [1.29, 1.82) is 0 Å². The first-order chi connectivity index (χ1) is 8.58. The molecule has 102 valence electrons. The maximum absolute atomic E-state index is 11.7. The summed E-state index contributed by atoms with van der Waals surface area (Å²) in [6.45, 7) is 0.364. The van der Waals surface area contributed by atoms with Gasteiger partial charge in [0.15, 0.2) is 0 Å². The number of ether oxygens (including phenoxy) is 1. The molecule has 1 rings (SSSR count). The Balaban J connectivity index is 2.41. The lowest BCUT2D eigenvalue weighted by atomic mass is 10.2. The lowest BCUT2D eigenvalue weighted by Crippen LogP contribution is -2.40. The fraction of sp³-hybridized carbons (Fsp3) is 0.636. The molecule has 1 aromatic heterocycles. The number of rotatable bonds is 7. The highest BCUT2D eigenvalue weighted by molar-refractivity contribution is 7.98. The van der Waals surface area contributed by atoms with E-state index in [4.69, 9.17) is 10.5 Å². The molecule has 18 heavy (non-hydrogen) atoms. The van der Waals surface area contributed by atoms with Gasteiger partial charge in [-0.2, -0.15) is 16.9 Å². The lowest BCUT2D eigenvalue weighted by Gasteiger charge is -2.10. The van der Waals surface area contributed by atoms with E-state index in [1.165, 1.54) is 0 Å². The second kappa shape index (κ2) is 7.27. The SMILES string of the molecule is COc1cc(CNC(=O)[C@@H](N)CCSC)nn1C. The van der Waals surface area contributed by atoms with Crippen molar-refractivity contribution in [2.24, 2.45) is 12.8 Å². The minimum absolute atomic E-state index is 0.145. The lowest BCUT2D eigenvalue weighted by molar-refractivity contribution is -0.122. The summed E-state index contributed by atoms with van der Waals surface area (Å²) < 4.78 is 6.71. The van der Waals surface area contributed by atoms with Crippen molar-refractivity contribution in [1.82, 2.24) is 15.1 Å². The van der Waals surface area contributed by atoms with Crippen molar-refractivity contribution in [3.8, 4) is 5.88 Å². The summed E-state index contributed by atoms with van der Waals surface area (Å²) in [5.41, 5.74) is 6.50. The number of carbonyl (C=O) groups is 1. The highest BCUT2D eigenvalue weighted by Crippen LogP contribution is 2.10. The van der Waals surface area contributed by atoms with Crippen LogP contribution in [0.2, 0.25) is 0 Å². The molecule has 0 fully saturated rings. The Hall–Kier alpha value is -1.21. The Bertz CT molecular complexity index is 394. The van der Waals surface area contributed by atoms with E-state index in [1.807, 2.05) is 6.26 Å². The van der Waals surface area contributed by atoms with Crippen LogP contribution in [0.1, 0.15) is 12.1 Å². The Labute approximate surface area is 111 Å². The maximum atomic E-state index is 11.7. The van der Waals surface area contributed by atoms with Crippen LogP contribution in [-0.4, -0.2) is 40.8 Å². The van der Waals surface area contributed by atoms with Crippen LogP contribution in [0.25, 0.3) is 0 Å². The molecule has 7 heteroatoms. The largest absolute Gasteiger partial charge is 0.481 e. The molecule has 1 aromatic rings. The van der Waals surface area contributed by atoms with Gasteiger partial charge in [-0.05, 0) is 18.4 Å². The molecule has 0 aromatic carbocycles. The van der Waals surface area contributed by atoms with E-state index < -0.39 is 6.04 Å². The van der Waals surface area contributed by atoms with E-state index >= 15 is 0 Å². The molecule has 0 aliphatic carbocycles. The maximum Gasteiger partial charge on any atom is 0.237 e. The summed E-state index contributed by atoms with van der Waals surface area (Å²) in [7, 11) is 3.37. The van der Waals surface area contributed by atoms with Crippen molar-refractivity contribution in [3.63, 3.8) is 0 Å². The fourth-order valence-electron chi connectivity index (χ4n) is 1.47. The van der Waals surface area contributed by atoms with Gasteiger partial charge in [0, 0.05) is 13.1 Å². The number of nitrogens with zero attached hydrogens (tertiary/aromatic N) is 2. The van der Waals surface area contributed by atoms with Gasteiger partial charge in [0.25, 0.3) is 0 Å². The first-order valence-electron chi connectivity index (χ1n) is 5.67. The number of amides is 1. The van der Waals surface area contributed by atoms with E-state index in [9.17, 15) is 4.79 Å². The Morgan fingerprint density at radius 3 is 3.00 bits per heavy atom.